The zero-order chi connectivity index (χ0) is 14.5. The van der Waals surface area contributed by atoms with E-state index >= 15 is 0 Å². The van der Waals surface area contributed by atoms with E-state index in [1.165, 1.54) is 24.9 Å². The minimum atomic E-state index is 0.431. The van der Waals surface area contributed by atoms with Gasteiger partial charge in [-0.1, -0.05) is 51.1 Å². The normalized spacial score (nSPS) is 18.5. The summed E-state index contributed by atoms with van der Waals surface area (Å²) in [6.07, 6.45) is 2.76. The van der Waals surface area contributed by atoms with Crippen LogP contribution in [0.1, 0.15) is 52.1 Å². The first kappa shape index (κ1) is 15.5. The van der Waals surface area contributed by atoms with Crippen molar-refractivity contribution < 1.29 is 0 Å². The Labute approximate surface area is 124 Å². The summed E-state index contributed by atoms with van der Waals surface area (Å²) >= 11 is 0. The lowest BCUT2D eigenvalue weighted by Crippen LogP contribution is -2.45. The zero-order valence-corrected chi connectivity index (χ0v) is 13.5. The van der Waals surface area contributed by atoms with Gasteiger partial charge < -0.3 is 5.32 Å². The van der Waals surface area contributed by atoms with Gasteiger partial charge in [-0.15, -0.1) is 0 Å². The highest BCUT2D eigenvalue weighted by molar-refractivity contribution is 5.20. The van der Waals surface area contributed by atoms with Crippen LogP contribution in [0, 0.1) is 5.92 Å². The molecule has 1 aromatic rings. The summed E-state index contributed by atoms with van der Waals surface area (Å²) in [5.74, 6) is 0.732. The van der Waals surface area contributed by atoms with Crippen molar-refractivity contribution in [1.82, 2.24) is 10.2 Å². The monoisotopic (exact) mass is 274 g/mol. The van der Waals surface area contributed by atoms with E-state index in [0.29, 0.717) is 12.1 Å². The summed E-state index contributed by atoms with van der Waals surface area (Å²) < 4.78 is 0. The average Bonchev–Trinajstić information content (AvgIpc) is 3.27. The molecule has 0 spiro atoms. The van der Waals surface area contributed by atoms with E-state index in [1.807, 2.05) is 0 Å². The lowest BCUT2D eigenvalue weighted by atomic mass is 9.98. The Hall–Kier alpha value is -0.860. The van der Waals surface area contributed by atoms with Crippen molar-refractivity contribution in [1.29, 1.82) is 0 Å². The second-order valence-electron chi connectivity index (χ2n) is 6.51. The summed E-state index contributed by atoms with van der Waals surface area (Å²) in [6.45, 7) is 11.5. The number of likely N-dealkylation sites (N-methyl/N-ethyl adjacent to an activating group) is 1. The van der Waals surface area contributed by atoms with E-state index in [2.05, 4.69) is 68.2 Å². The highest BCUT2D eigenvalue weighted by atomic mass is 15.2. The zero-order valence-electron chi connectivity index (χ0n) is 13.5. The molecule has 2 atom stereocenters. The van der Waals surface area contributed by atoms with Gasteiger partial charge in [0.15, 0.2) is 0 Å². The molecule has 1 aromatic carbocycles. The molecular weight excluding hydrogens is 244 g/mol. The van der Waals surface area contributed by atoms with Crippen LogP contribution in [0.4, 0.5) is 0 Å². The number of nitrogens with zero attached hydrogens (tertiary/aromatic N) is 1. The van der Waals surface area contributed by atoms with Gasteiger partial charge in [0, 0.05) is 24.7 Å². The minimum Gasteiger partial charge on any atom is -0.309 e. The fourth-order valence-corrected chi connectivity index (χ4v) is 3.11. The topological polar surface area (TPSA) is 15.3 Å². The predicted molar refractivity (Wildman–Crippen MR) is 86.9 cm³/mol. The highest BCUT2D eigenvalue weighted by Gasteiger charge is 2.35. The summed E-state index contributed by atoms with van der Waals surface area (Å²) in [4.78, 5) is 2.73. The maximum absolute atomic E-state index is 3.69. The van der Waals surface area contributed by atoms with Crippen molar-refractivity contribution in [3.05, 3.63) is 35.9 Å². The van der Waals surface area contributed by atoms with Crippen LogP contribution in [0.5, 0.6) is 0 Å². The fourth-order valence-electron chi connectivity index (χ4n) is 3.11. The van der Waals surface area contributed by atoms with Crippen molar-refractivity contribution in [2.24, 2.45) is 5.92 Å². The van der Waals surface area contributed by atoms with Crippen molar-refractivity contribution in [3.8, 4) is 0 Å². The first-order valence-corrected chi connectivity index (χ1v) is 8.17. The Morgan fingerprint density at radius 1 is 1.15 bits per heavy atom. The van der Waals surface area contributed by atoms with Gasteiger partial charge in [-0.05, 0) is 37.8 Å². The molecule has 2 heteroatoms. The van der Waals surface area contributed by atoms with Crippen molar-refractivity contribution in [3.63, 3.8) is 0 Å². The molecule has 1 fully saturated rings. The predicted octanol–water partition coefficient (Wildman–Crippen LogP) is 3.85. The Bertz CT molecular complexity index is 384. The average molecular weight is 274 g/mol. The molecule has 0 heterocycles. The fraction of sp³-hybridized carbons (Fsp3) is 0.667. The first-order valence-electron chi connectivity index (χ1n) is 8.17. The van der Waals surface area contributed by atoms with Crippen molar-refractivity contribution in [2.75, 3.05) is 13.1 Å². The van der Waals surface area contributed by atoms with Gasteiger partial charge in [-0.25, -0.2) is 0 Å². The molecule has 0 radical (unpaired) electrons. The summed E-state index contributed by atoms with van der Waals surface area (Å²) in [5, 5.41) is 3.69. The molecule has 20 heavy (non-hydrogen) atoms. The second-order valence-corrected chi connectivity index (χ2v) is 6.51. The van der Waals surface area contributed by atoms with Gasteiger partial charge in [-0.2, -0.15) is 0 Å². The van der Waals surface area contributed by atoms with Crippen LogP contribution >= 0.6 is 0 Å². The van der Waals surface area contributed by atoms with Crippen LogP contribution in [-0.4, -0.2) is 30.1 Å². The third kappa shape index (κ3) is 4.07. The molecule has 1 N–H and O–H groups in total. The van der Waals surface area contributed by atoms with Crippen LogP contribution in [0.2, 0.25) is 0 Å². The Kier molecular flexibility index (Phi) is 5.62. The lowest BCUT2D eigenvalue weighted by molar-refractivity contribution is 0.143. The van der Waals surface area contributed by atoms with Crippen molar-refractivity contribution >= 4 is 0 Å². The van der Waals surface area contributed by atoms with Gasteiger partial charge in [0.05, 0.1) is 0 Å². The summed E-state index contributed by atoms with van der Waals surface area (Å²) in [5.41, 5.74) is 1.41. The van der Waals surface area contributed by atoms with E-state index in [-0.39, 0.29) is 0 Å². The number of nitrogens with one attached hydrogen (secondary N) is 1. The smallest absolute Gasteiger partial charge is 0.0475 e. The molecule has 1 saturated carbocycles. The van der Waals surface area contributed by atoms with E-state index in [4.69, 9.17) is 0 Å². The molecule has 112 valence electrons. The molecule has 2 unspecified atom stereocenters. The quantitative estimate of drug-likeness (QED) is 0.774. The number of rotatable bonds is 8. The third-order valence-corrected chi connectivity index (χ3v) is 4.18. The largest absolute Gasteiger partial charge is 0.309 e. The van der Waals surface area contributed by atoms with Gasteiger partial charge in [0.25, 0.3) is 0 Å². The van der Waals surface area contributed by atoms with Crippen LogP contribution in [0.25, 0.3) is 0 Å². The molecule has 0 amide bonds. The number of hydrogen-bond donors (Lipinski definition) is 1. The second kappa shape index (κ2) is 7.24. The Morgan fingerprint density at radius 2 is 1.80 bits per heavy atom. The van der Waals surface area contributed by atoms with E-state index < -0.39 is 0 Å². The van der Waals surface area contributed by atoms with Gasteiger partial charge >= 0.3 is 0 Å². The van der Waals surface area contributed by atoms with Crippen LogP contribution < -0.4 is 5.32 Å². The summed E-state index contributed by atoms with van der Waals surface area (Å²) in [6, 6.07) is 12.7. The van der Waals surface area contributed by atoms with Gasteiger partial charge in [-0.3, -0.25) is 4.90 Å². The van der Waals surface area contributed by atoms with Gasteiger partial charge in [0.2, 0.25) is 0 Å². The molecule has 2 nitrogen and oxygen atoms in total. The molecule has 0 saturated heterocycles. The molecule has 0 aromatic heterocycles. The van der Waals surface area contributed by atoms with Crippen molar-refractivity contribution in [2.45, 2.75) is 58.7 Å². The molecule has 1 aliphatic carbocycles. The first-order chi connectivity index (χ1) is 9.63. The molecule has 0 aliphatic heterocycles. The molecule has 0 bridgehead atoms. The van der Waals surface area contributed by atoms with Crippen LogP contribution in [0.3, 0.4) is 0 Å². The lowest BCUT2D eigenvalue weighted by Gasteiger charge is -2.36. The standard InChI is InChI=1S/C18H30N2/c1-5-19-18(16-9-7-6-8-10-16)15(4)20(13-14(2)3)17-11-12-17/h6-10,14-15,17-19H,5,11-13H2,1-4H3. The highest BCUT2D eigenvalue weighted by Crippen LogP contribution is 2.33. The Balaban J connectivity index is 2.14. The molecule has 2 rings (SSSR count). The summed E-state index contributed by atoms with van der Waals surface area (Å²) in [7, 11) is 0. The molecule has 1 aliphatic rings. The van der Waals surface area contributed by atoms with E-state index in [0.717, 1.165) is 18.5 Å². The Morgan fingerprint density at radius 3 is 2.30 bits per heavy atom. The SMILES string of the molecule is CCNC(c1ccccc1)C(C)N(CC(C)C)C1CC1. The third-order valence-electron chi connectivity index (χ3n) is 4.18. The number of benzene rings is 1. The molecular formula is C18H30N2. The van der Waals surface area contributed by atoms with Crippen LogP contribution in [-0.2, 0) is 0 Å². The van der Waals surface area contributed by atoms with E-state index in [9.17, 15) is 0 Å². The van der Waals surface area contributed by atoms with Crippen LogP contribution in [0.15, 0.2) is 30.3 Å². The maximum Gasteiger partial charge on any atom is 0.0475 e. The van der Waals surface area contributed by atoms with Gasteiger partial charge in [0.1, 0.15) is 0 Å². The maximum atomic E-state index is 3.69. The minimum absolute atomic E-state index is 0.431. The van der Waals surface area contributed by atoms with E-state index in [1.54, 1.807) is 0 Å². The number of hydrogen-bond acceptors (Lipinski definition) is 2.